The second kappa shape index (κ2) is 4.97. The SMILES string of the molecule is C=C(COc1cccc(C(N)=O)c1)C(=O)O. The minimum absolute atomic E-state index is 0.0653. The zero-order chi connectivity index (χ0) is 12.1. The van der Waals surface area contributed by atoms with E-state index in [1.165, 1.54) is 6.07 Å². The number of ether oxygens (including phenoxy) is 1. The highest BCUT2D eigenvalue weighted by atomic mass is 16.5. The number of nitrogens with two attached hydrogens (primary N) is 1. The number of carbonyl (C=O) groups excluding carboxylic acids is 1. The second-order valence-corrected chi connectivity index (χ2v) is 3.09. The van der Waals surface area contributed by atoms with Gasteiger partial charge in [0.15, 0.2) is 0 Å². The molecule has 1 aromatic rings. The first-order valence-corrected chi connectivity index (χ1v) is 4.44. The number of carboxylic acids is 1. The Morgan fingerprint density at radius 3 is 2.69 bits per heavy atom. The molecule has 5 heteroatoms. The Morgan fingerprint density at radius 1 is 1.44 bits per heavy atom. The van der Waals surface area contributed by atoms with Crippen LogP contribution in [-0.2, 0) is 4.79 Å². The van der Waals surface area contributed by atoms with Crippen molar-refractivity contribution in [2.24, 2.45) is 5.73 Å². The van der Waals surface area contributed by atoms with Gasteiger partial charge in [0.2, 0.25) is 5.91 Å². The standard InChI is InChI=1S/C11H11NO4/c1-7(11(14)15)6-16-9-4-2-3-8(5-9)10(12)13/h2-5H,1,6H2,(H2,12,13)(H,14,15). The van der Waals surface area contributed by atoms with Crippen molar-refractivity contribution < 1.29 is 19.4 Å². The van der Waals surface area contributed by atoms with Gasteiger partial charge in [-0.25, -0.2) is 4.79 Å². The fraction of sp³-hybridized carbons (Fsp3) is 0.0909. The van der Waals surface area contributed by atoms with E-state index in [4.69, 9.17) is 15.6 Å². The fourth-order valence-corrected chi connectivity index (χ4v) is 0.971. The van der Waals surface area contributed by atoms with Crippen molar-refractivity contribution in [2.75, 3.05) is 6.61 Å². The highest BCUT2D eigenvalue weighted by Gasteiger charge is 2.06. The van der Waals surface area contributed by atoms with Crippen molar-refractivity contribution in [2.45, 2.75) is 0 Å². The maximum Gasteiger partial charge on any atom is 0.334 e. The molecule has 0 bridgehead atoms. The van der Waals surface area contributed by atoms with Crippen molar-refractivity contribution in [1.29, 1.82) is 0 Å². The molecule has 0 aliphatic rings. The Hall–Kier alpha value is -2.30. The van der Waals surface area contributed by atoms with E-state index in [-0.39, 0.29) is 12.2 Å². The van der Waals surface area contributed by atoms with Crippen molar-refractivity contribution in [1.82, 2.24) is 0 Å². The monoisotopic (exact) mass is 221 g/mol. The molecule has 1 rings (SSSR count). The molecule has 1 amide bonds. The van der Waals surface area contributed by atoms with Gasteiger partial charge in [0.1, 0.15) is 12.4 Å². The largest absolute Gasteiger partial charge is 0.489 e. The predicted octanol–water partition coefficient (Wildman–Crippen LogP) is 0.805. The van der Waals surface area contributed by atoms with E-state index in [9.17, 15) is 9.59 Å². The van der Waals surface area contributed by atoms with Gasteiger partial charge in [-0.05, 0) is 18.2 Å². The Labute approximate surface area is 92.1 Å². The van der Waals surface area contributed by atoms with E-state index in [1.54, 1.807) is 18.2 Å². The van der Waals surface area contributed by atoms with Crippen LogP contribution in [0.4, 0.5) is 0 Å². The summed E-state index contributed by atoms with van der Waals surface area (Å²) in [4.78, 5) is 21.3. The molecule has 5 nitrogen and oxygen atoms in total. The van der Waals surface area contributed by atoms with Crippen LogP contribution in [0.3, 0.4) is 0 Å². The van der Waals surface area contributed by atoms with Gasteiger partial charge in [-0.1, -0.05) is 12.6 Å². The molecule has 84 valence electrons. The molecule has 0 atom stereocenters. The first-order chi connectivity index (χ1) is 7.50. The van der Waals surface area contributed by atoms with Crippen LogP contribution in [0.1, 0.15) is 10.4 Å². The maximum atomic E-state index is 10.9. The maximum absolute atomic E-state index is 10.9. The van der Waals surface area contributed by atoms with Gasteiger partial charge in [-0.15, -0.1) is 0 Å². The van der Waals surface area contributed by atoms with Crippen LogP contribution in [-0.4, -0.2) is 23.6 Å². The first-order valence-electron chi connectivity index (χ1n) is 4.44. The fourth-order valence-electron chi connectivity index (χ4n) is 0.971. The zero-order valence-corrected chi connectivity index (χ0v) is 8.47. The van der Waals surface area contributed by atoms with Crippen LogP contribution in [0.2, 0.25) is 0 Å². The van der Waals surface area contributed by atoms with Crippen LogP contribution >= 0.6 is 0 Å². The Bertz CT molecular complexity index is 439. The van der Waals surface area contributed by atoms with Crippen molar-refractivity contribution >= 4 is 11.9 Å². The number of carboxylic acid groups (broad SMARTS) is 1. The van der Waals surface area contributed by atoms with Crippen LogP contribution < -0.4 is 10.5 Å². The smallest absolute Gasteiger partial charge is 0.334 e. The Kier molecular flexibility index (Phi) is 3.66. The highest BCUT2D eigenvalue weighted by Crippen LogP contribution is 2.13. The summed E-state index contributed by atoms with van der Waals surface area (Å²) in [6, 6.07) is 6.18. The van der Waals surface area contributed by atoms with E-state index in [1.807, 2.05) is 0 Å². The molecule has 0 aliphatic heterocycles. The summed E-state index contributed by atoms with van der Waals surface area (Å²) in [5.41, 5.74) is 5.32. The average Bonchev–Trinajstić information content (AvgIpc) is 2.26. The number of primary amides is 1. The molecule has 0 saturated carbocycles. The molecule has 0 spiro atoms. The lowest BCUT2D eigenvalue weighted by atomic mass is 10.2. The van der Waals surface area contributed by atoms with E-state index in [0.717, 1.165) is 0 Å². The molecule has 0 unspecified atom stereocenters. The van der Waals surface area contributed by atoms with Crippen LogP contribution in [0.25, 0.3) is 0 Å². The van der Waals surface area contributed by atoms with Gasteiger partial charge in [0, 0.05) is 5.56 Å². The second-order valence-electron chi connectivity index (χ2n) is 3.09. The number of rotatable bonds is 5. The van der Waals surface area contributed by atoms with Crippen LogP contribution in [0.15, 0.2) is 36.4 Å². The quantitative estimate of drug-likeness (QED) is 0.720. The molecule has 0 heterocycles. The summed E-state index contributed by atoms with van der Waals surface area (Å²) >= 11 is 0. The molecule has 0 aliphatic carbocycles. The van der Waals surface area contributed by atoms with E-state index in [0.29, 0.717) is 11.3 Å². The zero-order valence-electron chi connectivity index (χ0n) is 8.47. The molecule has 1 aromatic carbocycles. The van der Waals surface area contributed by atoms with Gasteiger partial charge in [0.25, 0.3) is 0 Å². The first kappa shape index (κ1) is 11.8. The molecular weight excluding hydrogens is 210 g/mol. The summed E-state index contributed by atoms with van der Waals surface area (Å²) in [5, 5.41) is 8.55. The summed E-state index contributed by atoms with van der Waals surface area (Å²) in [5.74, 6) is -1.31. The average molecular weight is 221 g/mol. The number of amides is 1. The van der Waals surface area contributed by atoms with Gasteiger partial charge < -0.3 is 15.6 Å². The Balaban J connectivity index is 2.68. The van der Waals surface area contributed by atoms with Crippen molar-refractivity contribution in [3.8, 4) is 5.75 Å². The Morgan fingerprint density at radius 2 is 2.12 bits per heavy atom. The minimum Gasteiger partial charge on any atom is -0.489 e. The summed E-state index contributed by atoms with van der Waals surface area (Å²) in [6.45, 7) is 3.17. The third kappa shape index (κ3) is 3.13. The number of hydrogen-bond donors (Lipinski definition) is 2. The van der Waals surface area contributed by atoms with E-state index in [2.05, 4.69) is 6.58 Å². The van der Waals surface area contributed by atoms with Crippen molar-refractivity contribution in [3.05, 3.63) is 42.0 Å². The summed E-state index contributed by atoms with van der Waals surface area (Å²) in [6.07, 6.45) is 0. The molecule has 0 aromatic heterocycles. The summed E-state index contributed by atoms with van der Waals surface area (Å²) < 4.78 is 5.13. The molecule has 0 fully saturated rings. The minimum atomic E-state index is -1.12. The lowest BCUT2D eigenvalue weighted by Gasteiger charge is -2.06. The van der Waals surface area contributed by atoms with Gasteiger partial charge in [-0.3, -0.25) is 4.79 Å². The third-order valence-corrected chi connectivity index (χ3v) is 1.83. The molecule has 16 heavy (non-hydrogen) atoms. The van der Waals surface area contributed by atoms with Gasteiger partial charge in [0.05, 0.1) is 5.57 Å². The van der Waals surface area contributed by atoms with E-state index < -0.39 is 11.9 Å². The number of aliphatic carboxylic acids is 1. The highest BCUT2D eigenvalue weighted by molar-refractivity contribution is 5.93. The molecule has 0 saturated heterocycles. The predicted molar refractivity (Wildman–Crippen MR) is 57.2 cm³/mol. The summed E-state index contributed by atoms with van der Waals surface area (Å²) in [7, 11) is 0. The van der Waals surface area contributed by atoms with Crippen LogP contribution in [0, 0.1) is 0 Å². The van der Waals surface area contributed by atoms with E-state index >= 15 is 0 Å². The van der Waals surface area contributed by atoms with Crippen LogP contribution in [0.5, 0.6) is 5.75 Å². The number of carbonyl (C=O) groups is 2. The van der Waals surface area contributed by atoms with Gasteiger partial charge in [-0.2, -0.15) is 0 Å². The lowest BCUT2D eigenvalue weighted by Crippen LogP contribution is -2.12. The number of benzene rings is 1. The molecule has 0 radical (unpaired) electrons. The lowest BCUT2D eigenvalue weighted by molar-refractivity contribution is -0.133. The third-order valence-electron chi connectivity index (χ3n) is 1.83. The normalized spacial score (nSPS) is 9.50. The van der Waals surface area contributed by atoms with Crippen molar-refractivity contribution in [3.63, 3.8) is 0 Å². The van der Waals surface area contributed by atoms with Gasteiger partial charge >= 0.3 is 5.97 Å². The topological polar surface area (TPSA) is 89.6 Å². The number of hydrogen-bond acceptors (Lipinski definition) is 3. The molecule has 3 N–H and O–H groups in total. The molecular formula is C11H11NO4.